The van der Waals surface area contributed by atoms with Gasteiger partial charge in [0.25, 0.3) is 10.0 Å². The maximum atomic E-state index is 13.5. The second-order valence-electron chi connectivity index (χ2n) is 7.94. The molecule has 1 aliphatic heterocycles. The van der Waals surface area contributed by atoms with E-state index < -0.39 is 56.3 Å². The average Bonchev–Trinajstić information content (AvgIpc) is 3.32. The molecule has 0 saturated heterocycles. The van der Waals surface area contributed by atoms with Gasteiger partial charge in [-0.3, -0.25) is 9.10 Å². The number of aliphatic carboxylic acids is 1. The summed E-state index contributed by atoms with van der Waals surface area (Å²) in [4.78, 5) is 13.1. The van der Waals surface area contributed by atoms with Gasteiger partial charge in [-0.2, -0.15) is 26.3 Å². The number of sulfonamides is 1. The first kappa shape index (κ1) is 26.7. The van der Waals surface area contributed by atoms with E-state index in [-0.39, 0.29) is 34.8 Å². The summed E-state index contributed by atoms with van der Waals surface area (Å²) in [5, 5.41) is 8.92. The molecule has 2 heterocycles. The number of hydrogen-bond donors (Lipinski definition) is 1. The molecule has 1 aliphatic rings. The standard InChI is InChI=1S/C22H16F6N2O5S2/c23-21(24,25)13-2-1-3-15(9-13)37(33,34)30-11-14(5-7-19(31)32)35-17-6-4-12(8-16(17)30)20-29-10-18(36-20)22(26,27)28/h1-4,6,8-10,14H,5,7,11H2,(H,31,32)/t14-/m0/s1. The molecule has 37 heavy (non-hydrogen) atoms. The van der Waals surface area contributed by atoms with E-state index >= 15 is 0 Å². The van der Waals surface area contributed by atoms with Crippen molar-refractivity contribution in [2.45, 2.75) is 36.2 Å². The molecule has 7 nitrogen and oxygen atoms in total. The SMILES string of the molecule is O=C(O)CC[C@H]1CN(S(=O)(=O)c2cccc(C(F)(F)F)c2)c2cc(-c3ncc(C(F)(F)F)s3)ccc2O1. The number of thiazole rings is 1. The Morgan fingerprint density at radius 2 is 1.84 bits per heavy atom. The van der Waals surface area contributed by atoms with E-state index in [1.807, 2.05) is 0 Å². The fraction of sp³-hybridized carbons (Fsp3) is 0.273. The number of benzene rings is 2. The molecule has 0 radical (unpaired) electrons. The van der Waals surface area contributed by atoms with Crippen LogP contribution in [-0.4, -0.2) is 37.1 Å². The lowest BCUT2D eigenvalue weighted by Gasteiger charge is -2.35. The van der Waals surface area contributed by atoms with Crippen LogP contribution in [0.2, 0.25) is 0 Å². The van der Waals surface area contributed by atoms with Crippen molar-refractivity contribution in [1.82, 2.24) is 4.98 Å². The minimum absolute atomic E-state index is 0.0338. The van der Waals surface area contributed by atoms with Gasteiger partial charge in [-0.25, -0.2) is 13.4 Å². The summed E-state index contributed by atoms with van der Waals surface area (Å²) in [5.41, 5.74) is -1.21. The Balaban J connectivity index is 1.80. The van der Waals surface area contributed by atoms with Gasteiger partial charge in [0.05, 0.1) is 28.9 Å². The zero-order chi connectivity index (χ0) is 27.2. The summed E-state index contributed by atoms with van der Waals surface area (Å²) in [6.45, 7) is -0.437. The van der Waals surface area contributed by atoms with Crippen LogP contribution in [0, 0.1) is 0 Å². The number of carbonyl (C=O) groups is 1. The van der Waals surface area contributed by atoms with Crippen molar-refractivity contribution >= 4 is 33.0 Å². The highest BCUT2D eigenvalue weighted by Crippen LogP contribution is 2.43. The Bertz CT molecular complexity index is 1440. The van der Waals surface area contributed by atoms with E-state index in [1.54, 1.807) is 0 Å². The van der Waals surface area contributed by atoms with Crippen LogP contribution in [0.5, 0.6) is 5.75 Å². The minimum Gasteiger partial charge on any atom is -0.486 e. The third kappa shape index (κ3) is 5.66. The molecule has 15 heteroatoms. The number of ether oxygens (including phenoxy) is 1. The lowest BCUT2D eigenvalue weighted by atomic mass is 10.1. The molecule has 2 aromatic carbocycles. The lowest BCUT2D eigenvalue weighted by molar-refractivity contribution is -0.138. The molecule has 0 amide bonds. The molecule has 0 aliphatic carbocycles. The monoisotopic (exact) mass is 566 g/mol. The van der Waals surface area contributed by atoms with Gasteiger partial charge >= 0.3 is 18.3 Å². The van der Waals surface area contributed by atoms with E-state index in [1.165, 1.54) is 18.2 Å². The van der Waals surface area contributed by atoms with Crippen LogP contribution in [0.3, 0.4) is 0 Å². The molecule has 0 saturated carbocycles. The fourth-order valence-electron chi connectivity index (χ4n) is 3.61. The number of rotatable bonds is 6. The highest BCUT2D eigenvalue weighted by Gasteiger charge is 2.38. The quantitative estimate of drug-likeness (QED) is 0.387. The van der Waals surface area contributed by atoms with Crippen LogP contribution in [0.25, 0.3) is 10.6 Å². The van der Waals surface area contributed by atoms with Crippen LogP contribution >= 0.6 is 11.3 Å². The molecule has 3 aromatic rings. The summed E-state index contributed by atoms with van der Waals surface area (Å²) in [5.74, 6) is -1.20. The van der Waals surface area contributed by atoms with Crippen molar-refractivity contribution in [3.8, 4) is 16.3 Å². The van der Waals surface area contributed by atoms with Gasteiger partial charge in [0.1, 0.15) is 21.7 Å². The number of fused-ring (bicyclic) bond motifs is 1. The number of nitrogens with zero attached hydrogens (tertiary/aromatic N) is 2. The second kappa shape index (κ2) is 9.52. The van der Waals surface area contributed by atoms with Gasteiger partial charge < -0.3 is 9.84 Å². The van der Waals surface area contributed by atoms with Crippen LogP contribution in [0.15, 0.2) is 53.6 Å². The molecule has 1 aromatic heterocycles. The van der Waals surface area contributed by atoms with Crippen molar-refractivity contribution in [3.05, 3.63) is 59.1 Å². The van der Waals surface area contributed by atoms with Crippen LogP contribution in [0.1, 0.15) is 23.3 Å². The van der Waals surface area contributed by atoms with E-state index in [9.17, 15) is 39.6 Å². The molecule has 198 valence electrons. The average molecular weight is 567 g/mol. The van der Waals surface area contributed by atoms with Crippen molar-refractivity contribution in [2.24, 2.45) is 0 Å². The highest BCUT2D eigenvalue weighted by atomic mass is 32.2. The maximum Gasteiger partial charge on any atom is 0.427 e. The first-order chi connectivity index (χ1) is 17.2. The van der Waals surface area contributed by atoms with Gasteiger partial charge in [-0.1, -0.05) is 6.07 Å². The predicted octanol–water partition coefficient (Wildman–Crippen LogP) is 5.67. The van der Waals surface area contributed by atoms with E-state index in [2.05, 4.69) is 4.98 Å². The number of carboxylic acid groups (broad SMARTS) is 1. The molecule has 1 atom stereocenters. The predicted molar refractivity (Wildman–Crippen MR) is 120 cm³/mol. The summed E-state index contributed by atoms with van der Waals surface area (Å²) in [6, 6.07) is 6.95. The van der Waals surface area contributed by atoms with E-state index in [0.717, 1.165) is 16.4 Å². The third-order valence-electron chi connectivity index (χ3n) is 5.35. The third-order valence-corrected chi connectivity index (χ3v) is 8.22. The van der Waals surface area contributed by atoms with Crippen LogP contribution in [-0.2, 0) is 27.2 Å². The summed E-state index contributed by atoms with van der Waals surface area (Å²) >= 11 is 0.330. The minimum atomic E-state index is -4.81. The van der Waals surface area contributed by atoms with E-state index in [0.29, 0.717) is 29.7 Å². The zero-order valence-corrected chi connectivity index (χ0v) is 20.0. The van der Waals surface area contributed by atoms with Crippen LogP contribution in [0.4, 0.5) is 32.0 Å². The first-order valence-corrected chi connectivity index (χ1v) is 12.7. The Labute approximate surface area is 210 Å². The first-order valence-electron chi connectivity index (χ1n) is 10.4. The molecule has 0 unspecified atom stereocenters. The Morgan fingerprint density at radius 3 is 2.46 bits per heavy atom. The number of alkyl halides is 6. The van der Waals surface area contributed by atoms with Gasteiger partial charge in [-0.15, -0.1) is 11.3 Å². The van der Waals surface area contributed by atoms with Crippen molar-refractivity contribution < 1.29 is 49.4 Å². The molecule has 1 N–H and O–H groups in total. The number of halogens is 6. The number of carboxylic acids is 1. The molecular formula is C22H16F6N2O5S2. The Morgan fingerprint density at radius 1 is 1.11 bits per heavy atom. The second-order valence-corrected chi connectivity index (χ2v) is 10.8. The van der Waals surface area contributed by atoms with Gasteiger partial charge in [-0.05, 0) is 42.8 Å². The van der Waals surface area contributed by atoms with Gasteiger partial charge in [0.2, 0.25) is 0 Å². The lowest BCUT2D eigenvalue weighted by Crippen LogP contribution is -2.43. The molecule has 0 bridgehead atoms. The largest absolute Gasteiger partial charge is 0.486 e. The normalized spacial score (nSPS) is 16.3. The topological polar surface area (TPSA) is 96.8 Å². The van der Waals surface area contributed by atoms with Crippen molar-refractivity contribution in [2.75, 3.05) is 10.8 Å². The number of hydrogen-bond acceptors (Lipinski definition) is 6. The molecule has 4 rings (SSSR count). The van der Waals surface area contributed by atoms with Crippen molar-refractivity contribution in [1.29, 1.82) is 0 Å². The van der Waals surface area contributed by atoms with Crippen molar-refractivity contribution in [3.63, 3.8) is 0 Å². The smallest absolute Gasteiger partial charge is 0.427 e. The molecular weight excluding hydrogens is 550 g/mol. The zero-order valence-electron chi connectivity index (χ0n) is 18.4. The van der Waals surface area contributed by atoms with Gasteiger partial charge in [0.15, 0.2) is 0 Å². The summed E-state index contributed by atoms with van der Waals surface area (Å²) in [7, 11) is -4.64. The highest BCUT2D eigenvalue weighted by molar-refractivity contribution is 7.92. The molecule has 0 fully saturated rings. The van der Waals surface area contributed by atoms with E-state index in [4.69, 9.17) is 9.84 Å². The van der Waals surface area contributed by atoms with Gasteiger partial charge in [0, 0.05) is 12.0 Å². The fourth-order valence-corrected chi connectivity index (χ4v) is 5.93. The van der Waals surface area contributed by atoms with Crippen LogP contribution < -0.4 is 9.04 Å². The Hall–Kier alpha value is -3.33. The Kier molecular flexibility index (Phi) is 6.88. The number of anilines is 1. The summed E-state index contributed by atoms with van der Waals surface area (Å²) < 4.78 is 112. The number of aromatic nitrogens is 1. The summed E-state index contributed by atoms with van der Waals surface area (Å²) in [6.07, 6.45) is -10.2. The molecule has 0 spiro atoms. The maximum absolute atomic E-state index is 13.5.